The van der Waals surface area contributed by atoms with Crippen molar-refractivity contribution in [2.75, 3.05) is 0 Å². The highest BCUT2D eigenvalue weighted by atomic mass is 16.7. The van der Waals surface area contributed by atoms with Gasteiger partial charge < -0.3 is 9.31 Å². The molecule has 1 atom stereocenters. The van der Waals surface area contributed by atoms with Crippen molar-refractivity contribution in [3.05, 3.63) is 60.8 Å². The summed E-state index contributed by atoms with van der Waals surface area (Å²) in [4.78, 5) is 4.82. The number of fused-ring (bicyclic) bond motifs is 6. The Morgan fingerprint density at radius 1 is 0.885 bits per heavy atom. The molecule has 1 saturated heterocycles. The van der Waals surface area contributed by atoms with Crippen LogP contribution < -0.4 is 5.46 Å². The minimum Gasteiger partial charge on any atom is -0.402 e. The van der Waals surface area contributed by atoms with Crippen LogP contribution in [0, 0.1) is 0 Å². The predicted octanol–water partition coefficient (Wildman–Crippen LogP) is 4.45. The van der Waals surface area contributed by atoms with Gasteiger partial charge in [0.25, 0.3) is 0 Å². The van der Waals surface area contributed by atoms with E-state index in [1.807, 2.05) is 6.20 Å². The molecule has 1 unspecified atom stereocenters. The van der Waals surface area contributed by atoms with Crippen LogP contribution in [0.2, 0.25) is 0 Å². The zero-order valence-electron chi connectivity index (χ0n) is 15.2. The van der Waals surface area contributed by atoms with Gasteiger partial charge in [-0.2, -0.15) is 0 Å². The second-order valence-electron chi connectivity index (χ2n) is 7.59. The lowest BCUT2D eigenvalue weighted by molar-refractivity contribution is 0.0842. The SMILES string of the molecule is CC1OB(c2cnc3c4ccccc4c4ccccc4c3c2)OC1(C)C. The summed E-state index contributed by atoms with van der Waals surface area (Å²) in [6, 6.07) is 19.1. The summed E-state index contributed by atoms with van der Waals surface area (Å²) >= 11 is 0. The molecule has 0 saturated carbocycles. The number of nitrogens with zero attached hydrogens (tertiary/aromatic N) is 1. The number of hydrogen-bond acceptors (Lipinski definition) is 3. The van der Waals surface area contributed by atoms with Crippen LogP contribution in [0.3, 0.4) is 0 Å². The van der Waals surface area contributed by atoms with Crippen LogP contribution in [0.4, 0.5) is 0 Å². The van der Waals surface area contributed by atoms with E-state index in [0.717, 1.165) is 16.4 Å². The van der Waals surface area contributed by atoms with Crippen LogP contribution in [0.15, 0.2) is 60.8 Å². The molecule has 3 aromatic carbocycles. The number of pyridine rings is 1. The van der Waals surface area contributed by atoms with Gasteiger partial charge in [-0.05, 0) is 36.9 Å². The molecule has 26 heavy (non-hydrogen) atoms. The molecule has 4 heteroatoms. The van der Waals surface area contributed by atoms with Crippen molar-refractivity contribution in [3.63, 3.8) is 0 Å². The quantitative estimate of drug-likeness (QED) is 0.379. The average Bonchev–Trinajstić information content (AvgIpc) is 2.94. The molecule has 0 spiro atoms. The van der Waals surface area contributed by atoms with E-state index in [0.29, 0.717) is 0 Å². The Balaban J connectivity index is 1.79. The van der Waals surface area contributed by atoms with Crippen LogP contribution in [0.5, 0.6) is 0 Å². The first-order valence-corrected chi connectivity index (χ1v) is 9.07. The Morgan fingerprint density at radius 2 is 1.46 bits per heavy atom. The van der Waals surface area contributed by atoms with E-state index in [-0.39, 0.29) is 18.8 Å². The summed E-state index contributed by atoms with van der Waals surface area (Å²) in [5, 5.41) is 6.01. The fourth-order valence-corrected chi connectivity index (χ4v) is 3.80. The first kappa shape index (κ1) is 15.8. The monoisotopic (exact) mass is 341 g/mol. The maximum absolute atomic E-state index is 6.13. The molecule has 5 rings (SSSR count). The van der Waals surface area contributed by atoms with Crippen molar-refractivity contribution in [3.8, 4) is 0 Å². The number of benzene rings is 3. The van der Waals surface area contributed by atoms with E-state index in [2.05, 4.69) is 75.4 Å². The number of aromatic nitrogens is 1. The summed E-state index contributed by atoms with van der Waals surface area (Å²) in [6.07, 6.45) is 1.93. The van der Waals surface area contributed by atoms with Crippen molar-refractivity contribution >= 4 is 45.0 Å². The first-order chi connectivity index (χ1) is 12.5. The third-order valence-corrected chi connectivity index (χ3v) is 5.59. The smallest absolute Gasteiger partial charge is 0.402 e. The zero-order valence-corrected chi connectivity index (χ0v) is 15.2. The summed E-state index contributed by atoms with van der Waals surface area (Å²) in [5.41, 5.74) is 1.69. The van der Waals surface area contributed by atoms with Crippen LogP contribution in [-0.4, -0.2) is 23.8 Å². The van der Waals surface area contributed by atoms with Gasteiger partial charge in [-0.15, -0.1) is 0 Å². The van der Waals surface area contributed by atoms with Crippen LogP contribution in [0.1, 0.15) is 20.8 Å². The Bertz CT molecular complexity index is 1120. The Hall–Kier alpha value is -2.43. The molecule has 0 aliphatic carbocycles. The van der Waals surface area contributed by atoms with Gasteiger partial charge in [-0.1, -0.05) is 54.6 Å². The van der Waals surface area contributed by atoms with Gasteiger partial charge in [0.1, 0.15) is 0 Å². The van der Waals surface area contributed by atoms with Crippen LogP contribution in [-0.2, 0) is 9.31 Å². The molecule has 0 bridgehead atoms. The fraction of sp³-hybridized carbons (Fsp3) is 0.227. The molecule has 128 valence electrons. The topological polar surface area (TPSA) is 31.4 Å². The third-order valence-electron chi connectivity index (χ3n) is 5.59. The Morgan fingerprint density at radius 3 is 2.08 bits per heavy atom. The highest BCUT2D eigenvalue weighted by molar-refractivity contribution is 6.62. The molecule has 1 aliphatic rings. The van der Waals surface area contributed by atoms with Crippen molar-refractivity contribution in [2.24, 2.45) is 0 Å². The second kappa shape index (κ2) is 5.53. The van der Waals surface area contributed by atoms with Gasteiger partial charge in [0.2, 0.25) is 0 Å². The van der Waals surface area contributed by atoms with Crippen LogP contribution >= 0.6 is 0 Å². The Kier molecular flexibility index (Phi) is 3.36. The van der Waals surface area contributed by atoms with E-state index in [4.69, 9.17) is 14.3 Å². The first-order valence-electron chi connectivity index (χ1n) is 9.07. The molecular formula is C22H20BNO2. The molecule has 3 nitrogen and oxygen atoms in total. The van der Waals surface area contributed by atoms with E-state index < -0.39 is 0 Å². The van der Waals surface area contributed by atoms with E-state index >= 15 is 0 Å². The molecule has 1 fully saturated rings. The molecule has 0 amide bonds. The highest BCUT2D eigenvalue weighted by Gasteiger charge is 2.44. The van der Waals surface area contributed by atoms with Crippen molar-refractivity contribution in [2.45, 2.75) is 32.5 Å². The fourth-order valence-electron chi connectivity index (χ4n) is 3.80. The van der Waals surface area contributed by atoms with Crippen molar-refractivity contribution < 1.29 is 9.31 Å². The molecule has 0 radical (unpaired) electrons. The van der Waals surface area contributed by atoms with E-state index in [1.165, 1.54) is 21.5 Å². The van der Waals surface area contributed by atoms with Crippen LogP contribution in [0.25, 0.3) is 32.4 Å². The third kappa shape index (κ3) is 2.26. The van der Waals surface area contributed by atoms with Gasteiger partial charge in [0.05, 0.1) is 17.2 Å². The highest BCUT2D eigenvalue weighted by Crippen LogP contribution is 2.34. The second-order valence-corrected chi connectivity index (χ2v) is 7.59. The maximum atomic E-state index is 6.13. The molecule has 0 N–H and O–H groups in total. The van der Waals surface area contributed by atoms with E-state index in [9.17, 15) is 0 Å². The number of rotatable bonds is 1. The maximum Gasteiger partial charge on any atom is 0.496 e. The molecule has 2 heterocycles. The summed E-state index contributed by atoms with van der Waals surface area (Å²) in [5.74, 6) is 0. The molecular weight excluding hydrogens is 321 g/mol. The summed E-state index contributed by atoms with van der Waals surface area (Å²) in [7, 11) is -0.373. The molecule has 1 aromatic heterocycles. The minimum atomic E-state index is -0.373. The molecule has 4 aromatic rings. The standard InChI is InChI=1S/C22H20BNO2/c1-14-22(2,3)26-23(25-14)15-12-20-18-10-5-4-8-16(18)17-9-6-7-11-19(17)21(20)24-13-15/h4-14H,1-3H3. The largest absolute Gasteiger partial charge is 0.496 e. The van der Waals surface area contributed by atoms with Gasteiger partial charge in [0.15, 0.2) is 0 Å². The van der Waals surface area contributed by atoms with Gasteiger partial charge in [-0.25, -0.2) is 0 Å². The van der Waals surface area contributed by atoms with E-state index in [1.54, 1.807) is 0 Å². The average molecular weight is 341 g/mol. The lowest BCUT2D eigenvalue weighted by atomic mass is 9.79. The van der Waals surface area contributed by atoms with Crippen molar-refractivity contribution in [1.29, 1.82) is 0 Å². The zero-order chi connectivity index (χ0) is 17.9. The lowest BCUT2D eigenvalue weighted by Gasteiger charge is -2.21. The minimum absolute atomic E-state index is 0.0385. The normalized spacial score (nSPS) is 19.7. The summed E-state index contributed by atoms with van der Waals surface area (Å²) < 4.78 is 12.2. The predicted molar refractivity (Wildman–Crippen MR) is 108 cm³/mol. The lowest BCUT2D eigenvalue weighted by Crippen LogP contribution is -2.35. The van der Waals surface area contributed by atoms with Gasteiger partial charge in [0, 0.05) is 22.4 Å². The van der Waals surface area contributed by atoms with Gasteiger partial charge in [-0.3, -0.25) is 4.98 Å². The van der Waals surface area contributed by atoms with Gasteiger partial charge >= 0.3 is 7.12 Å². The number of hydrogen-bond donors (Lipinski definition) is 0. The summed E-state index contributed by atoms with van der Waals surface area (Å²) in [6.45, 7) is 6.18. The van der Waals surface area contributed by atoms with Crippen molar-refractivity contribution in [1.82, 2.24) is 4.98 Å². The molecule has 1 aliphatic heterocycles. The Labute approximate surface area is 153 Å².